The molecule has 2 aromatic carbocycles. The molecule has 1 fully saturated rings. The molecular weight excluding hydrogens is 322 g/mol. The lowest BCUT2D eigenvalue weighted by atomic mass is 10.1. The standard InChI is InChI=1S/C19H23NO3S/c1-15-7-5-6-10-17(15)14-24(21,22)20-13-18-11-12-19(23-18)16-8-3-2-4-9-16/h2-10,18-20H,11-14H2,1H3/t18-,19-/m0/s1. The summed E-state index contributed by atoms with van der Waals surface area (Å²) in [5.41, 5.74) is 2.98. The molecule has 5 heteroatoms. The van der Waals surface area contributed by atoms with Crippen molar-refractivity contribution in [2.75, 3.05) is 6.54 Å². The third-order valence-electron chi connectivity index (χ3n) is 4.42. The maximum atomic E-state index is 12.3. The van der Waals surface area contributed by atoms with Gasteiger partial charge in [-0.1, -0.05) is 54.6 Å². The first-order chi connectivity index (χ1) is 11.5. The van der Waals surface area contributed by atoms with Gasteiger partial charge in [-0.05, 0) is 36.5 Å². The van der Waals surface area contributed by atoms with E-state index < -0.39 is 10.0 Å². The van der Waals surface area contributed by atoms with Crippen LogP contribution in [0.1, 0.15) is 35.6 Å². The molecule has 0 radical (unpaired) electrons. The molecule has 0 bridgehead atoms. The third kappa shape index (κ3) is 4.44. The Bertz CT molecular complexity index is 774. The van der Waals surface area contributed by atoms with Crippen LogP contribution in [0, 0.1) is 6.92 Å². The smallest absolute Gasteiger partial charge is 0.215 e. The summed E-state index contributed by atoms with van der Waals surface area (Å²) >= 11 is 0. The number of ether oxygens (including phenoxy) is 1. The molecule has 24 heavy (non-hydrogen) atoms. The first kappa shape index (κ1) is 17.1. The van der Waals surface area contributed by atoms with Gasteiger partial charge in [0, 0.05) is 6.54 Å². The first-order valence-electron chi connectivity index (χ1n) is 8.26. The largest absolute Gasteiger partial charge is 0.369 e. The maximum absolute atomic E-state index is 12.3. The molecule has 0 aromatic heterocycles. The molecule has 0 spiro atoms. The highest BCUT2D eigenvalue weighted by Gasteiger charge is 2.27. The maximum Gasteiger partial charge on any atom is 0.215 e. The molecule has 1 aliphatic rings. The Labute approximate surface area is 143 Å². The van der Waals surface area contributed by atoms with E-state index in [1.54, 1.807) is 0 Å². The third-order valence-corrected chi connectivity index (χ3v) is 5.71. The minimum absolute atomic E-state index is 0.00844. The van der Waals surface area contributed by atoms with Crippen LogP contribution in [0.25, 0.3) is 0 Å². The highest BCUT2D eigenvalue weighted by Crippen LogP contribution is 2.32. The molecule has 1 N–H and O–H groups in total. The van der Waals surface area contributed by atoms with E-state index in [1.165, 1.54) is 0 Å². The summed E-state index contributed by atoms with van der Waals surface area (Å²) < 4.78 is 33.3. The monoisotopic (exact) mass is 345 g/mol. The van der Waals surface area contributed by atoms with Crippen LogP contribution in [0.3, 0.4) is 0 Å². The average Bonchev–Trinajstić information content (AvgIpc) is 3.05. The fraction of sp³-hybridized carbons (Fsp3) is 0.368. The predicted octanol–water partition coefficient (Wildman–Crippen LogP) is 3.33. The zero-order valence-electron chi connectivity index (χ0n) is 13.8. The Hall–Kier alpha value is -1.69. The van der Waals surface area contributed by atoms with Crippen LogP contribution in [-0.2, 0) is 20.5 Å². The Morgan fingerprint density at radius 3 is 2.50 bits per heavy atom. The van der Waals surface area contributed by atoms with Crippen LogP contribution >= 0.6 is 0 Å². The van der Waals surface area contributed by atoms with Gasteiger partial charge in [0.05, 0.1) is 18.0 Å². The van der Waals surface area contributed by atoms with Crippen molar-refractivity contribution in [2.24, 2.45) is 0 Å². The van der Waals surface area contributed by atoms with Crippen molar-refractivity contribution in [3.05, 3.63) is 71.3 Å². The van der Waals surface area contributed by atoms with Gasteiger partial charge in [0.15, 0.2) is 0 Å². The Kier molecular flexibility index (Phi) is 5.33. The van der Waals surface area contributed by atoms with Crippen molar-refractivity contribution in [3.63, 3.8) is 0 Å². The van der Waals surface area contributed by atoms with Crippen LogP contribution in [-0.4, -0.2) is 21.1 Å². The van der Waals surface area contributed by atoms with Crippen molar-refractivity contribution in [1.29, 1.82) is 0 Å². The SMILES string of the molecule is Cc1ccccc1CS(=O)(=O)NC[C@@H]1CC[C@@H](c2ccccc2)O1. The zero-order valence-corrected chi connectivity index (χ0v) is 14.6. The molecule has 0 amide bonds. The molecule has 1 aliphatic heterocycles. The van der Waals surface area contributed by atoms with Gasteiger partial charge in [-0.15, -0.1) is 0 Å². The van der Waals surface area contributed by atoms with Gasteiger partial charge >= 0.3 is 0 Å². The lowest BCUT2D eigenvalue weighted by molar-refractivity contribution is 0.0478. The number of hydrogen-bond donors (Lipinski definition) is 1. The lowest BCUT2D eigenvalue weighted by Crippen LogP contribution is -2.32. The lowest BCUT2D eigenvalue weighted by Gasteiger charge is -2.15. The number of nitrogens with one attached hydrogen (secondary N) is 1. The summed E-state index contributed by atoms with van der Waals surface area (Å²) in [6, 6.07) is 17.6. The number of benzene rings is 2. The minimum Gasteiger partial charge on any atom is -0.369 e. The highest BCUT2D eigenvalue weighted by molar-refractivity contribution is 7.88. The van der Waals surface area contributed by atoms with Gasteiger partial charge in [-0.3, -0.25) is 0 Å². The number of sulfonamides is 1. The van der Waals surface area contributed by atoms with Crippen LogP contribution in [0.5, 0.6) is 0 Å². The summed E-state index contributed by atoms with van der Waals surface area (Å²) in [4.78, 5) is 0. The normalized spacial score (nSPS) is 21.0. The topological polar surface area (TPSA) is 55.4 Å². The molecule has 0 unspecified atom stereocenters. The molecule has 3 rings (SSSR count). The first-order valence-corrected chi connectivity index (χ1v) is 9.91. The van der Waals surface area contributed by atoms with Crippen LogP contribution in [0.2, 0.25) is 0 Å². The Morgan fingerprint density at radius 2 is 1.75 bits per heavy atom. The molecule has 0 aliphatic carbocycles. The molecule has 4 nitrogen and oxygen atoms in total. The molecule has 0 saturated carbocycles. The second-order valence-corrected chi connectivity index (χ2v) is 8.08. The Morgan fingerprint density at radius 1 is 1.04 bits per heavy atom. The zero-order chi connectivity index (χ0) is 17.0. The van der Waals surface area contributed by atoms with Crippen LogP contribution in [0.15, 0.2) is 54.6 Å². The highest BCUT2D eigenvalue weighted by atomic mass is 32.2. The fourth-order valence-corrected chi connectivity index (χ4v) is 4.29. The van der Waals surface area contributed by atoms with Crippen LogP contribution in [0.4, 0.5) is 0 Å². The quantitative estimate of drug-likeness (QED) is 0.874. The minimum atomic E-state index is -3.36. The molecule has 128 valence electrons. The predicted molar refractivity (Wildman–Crippen MR) is 95.1 cm³/mol. The van der Waals surface area contributed by atoms with Crippen molar-refractivity contribution >= 4 is 10.0 Å². The summed E-state index contributed by atoms with van der Waals surface area (Å²) in [6.07, 6.45) is 1.79. The van der Waals surface area contributed by atoms with E-state index >= 15 is 0 Å². The second kappa shape index (κ2) is 7.47. The van der Waals surface area contributed by atoms with E-state index in [2.05, 4.69) is 16.9 Å². The molecule has 1 saturated heterocycles. The number of hydrogen-bond acceptors (Lipinski definition) is 3. The van der Waals surface area contributed by atoms with Gasteiger partial charge in [0.1, 0.15) is 0 Å². The summed E-state index contributed by atoms with van der Waals surface area (Å²) in [5, 5.41) is 0. The van der Waals surface area contributed by atoms with Gasteiger partial charge < -0.3 is 4.74 Å². The second-order valence-electron chi connectivity index (χ2n) is 6.27. The number of rotatable bonds is 6. The van der Waals surface area contributed by atoms with E-state index in [-0.39, 0.29) is 18.0 Å². The molecule has 2 atom stereocenters. The van der Waals surface area contributed by atoms with Gasteiger partial charge in [0.2, 0.25) is 10.0 Å². The van der Waals surface area contributed by atoms with E-state index in [9.17, 15) is 8.42 Å². The van der Waals surface area contributed by atoms with E-state index in [1.807, 2.05) is 49.4 Å². The molecular formula is C19H23NO3S. The van der Waals surface area contributed by atoms with Gasteiger partial charge in [0.25, 0.3) is 0 Å². The average molecular weight is 345 g/mol. The fourth-order valence-electron chi connectivity index (χ4n) is 3.02. The van der Waals surface area contributed by atoms with E-state index in [0.717, 1.165) is 29.5 Å². The summed E-state index contributed by atoms with van der Waals surface area (Å²) in [6.45, 7) is 2.26. The number of aryl methyl sites for hydroxylation is 1. The van der Waals surface area contributed by atoms with Crippen molar-refractivity contribution in [2.45, 2.75) is 37.7 Å². The van der Waals surface area contributed by atoms with Gasteiger partial charge in [-0.2, -0.15) is 0 Å². The van der Waals surface area contributed by atoms with Crippen molar-refractivity contribution in [1.82, 2.24) is 4.72 Å². The molecule has 1 heterocycles. The van der Waals surface area contributed by atoms with Gasteiger partial charge in [-0.25, -0.2) is 13.1 Å². The van der Waals surface area contributed by atoms with E-state index in [4.69, 9.17) is 4.74 Å². The van der Waals surface area contributed by atoms with Crippen LogP contribution < -0.4 is 4.72 Å². The summed E-state index contributed by atoms with van der Waals surface area (Å²) in [7, 11) is -3.36. The van der Waals surface area contributed by atoms with Crippen molar-refractivity contribution in [3.8, 4) is 0 Å². The summed E-state index contributed by atoms with van der Waals surface area (Å²) in [5.74, 6) is 0.00844. The Balaban J connectivity index is 1.53. The molecule has 2 aromatic rings. The van der Waals surface area contributed by atoms with E-state index in [0.29, 0.717) is 6.54 Å². The van der Waals surface area contributed by atoms with Crippen molar-refractivity contribution < 1.29 is 13.2 Å².